The molecule has 2 aromatic rings. The average molecular weight is 325 g/mol. The molecule has 0 aliphatic carbocycles. The van der Waals surface area contributed by atoms with Crippen molar-refractivity contribution in [3.8, 4) is 0 Å². The first-order chi connectivity index (χ1) is 11.7. The van der Waals surface area contributed by atoms with Crippen LogP contribution in [0.3, 0.4) is 0 Å². The van der Waals surface area contributed by atoms with Gasteiger partial charge < -0.3 is 10.4 Å². The van der Waals surface area contributed by atoms with Gasteiger partial charge in [-0.15, -0.1) is 0 Å². The number of aliphatic hydroxyl groups excluding tert-OH is 1. The lowest BCUT2D eigenvalue weighted by Crippen LogP contribution is -2.51. The second kappa shape index (κ2) is 8.04. The maximum absolute atomic E-state index is 12.3. The molecule has 1 amide bonds. The van der Waals surface area contributed by atoms with E-state index >= 15 is 0 Å². The Morgan fingerprint density at radius 2 is 2.00 bits per heavy atom. The zero-order valence-electron chi connectivity index (χ0n) is 13.6. The minimum absolute atomic E-state index is 0.0318. The zero-order chi connectivity index (χ0) is 16.8. The molecule has 126 valence electrons. The van der Waals surface area contributed by atoms with Gasteiger partial charge in [0, 0.05) is 12.2 Å². The van der Waals surface area contributed by atoms with Crippen LogP contribution in [0.5, 0.6) is 0 Å². The van der Waals surface area contributed by atoms with E-state index in [1.54, 1.807) is 12.3 Å². The largest absolute Gasteiger partial charge is 0.391 e. The van der Waals surface area contributed by atoms with E-state index in [0.717, 1.165) is 25.8 Å². The summed E-state index contributed by atoms with van der Waals surface area (Å²) in [5, 5.41) is 13.2. The van der Waals surface area contributed by atoms with Gasteiger partial charge in [-0.1, -0.05) is 36.4 Å². The number of hydrogen-bond donors (Lipinski definition) is 2. The van der Waals surface area contributed by atoms with Gasteiger partial charge in [-0.25, -0.2) is 4.98 Å². The number of rotatable bonds is 5. The molecule has 0 spiro atoms. The summed E-state index contributed by atoms with van der Waals surface area (Å²) in [6, 6.07) is 15.5. The fourth-order valence-corrected chi connectivity index (χ4v) is 3.23. The number of nitrogens with one attached hydrogen (secondary N) is 1. The minimum Gasteiger partial charge on any atom is -0.391 e. The number of carbonyl (C=O) groups is 1. The maximum Gasteiger partial charge on any atom is 0.239 e. The summed E-state index contributed by atoms with van der Waals surface area (Å²) in [6.45, 7) is 1.09. The molecule has 0 unspecified atom stereocenters. The minimum atomic E-state index is -0.401. The molecule has 1 fully saturated rings. The first-order valence-electron chi connectivity index (χ1n) is 8.39. The van der Waals surface area contributed by atoms with Gasteiger partial charge in [-0.2, -0.15) is 0 Å². The number of carbonyl (C=O) groups excluding carboxylic acids is 1. The highest BCUT2D eigenvalue weighted by molar-refractivity contribution is 5.91. The Balaban J connectivity index is 1.64. The molecule has 2 atom stereocenters. The van der Waals surface area contributed by atoms with Crippen LogP contribution in [0.4, 0.5) is 5.82 Å². The van der Waals surface area contributed by atoms with E-state index in [9.17, 15) is 9.90 Å². The number of aliphatic hydroxyl groups is 1. The number of pyridine rings is 1. The van der Waals surface area contributed by atoms with E-state index in [4.69, 9.17) is 0 Å². The van der Waals surface area contributed by atoms with Crippen molar-refractivity contribution in [1.82, 2.24) is 9.88 Å². The lowest BCUT2D eigenvalue weighted by Gasteiger charge is -2.38. The fraction of sp³-hybridized carbons (Fsp3) is 0.368. The van der Waals surface area contributed by atoms with Gasteiger partial charge in [0.1, 0.15) is 5.82 Å². The van der Waals surface area contributed by atoms with Crippen LogP contribution in [-0.4, -0.2) is 46.1 Å². The Morgan fingerprint density at radius 3 is 2.75 bits per heavy atom. The first kappa shape index (κ1) is 16.6. The van der Waals surface area contributed by atoms with E-state index in [-0.39, 0.29) is 18.5 Å². The second-order valence-corrected chi connectivity index (χ2v) is 6.20. The highest BCUT2D eigenvalue weighted by Gasteiger charge is 2.31. The third kappa shape index (κ3) is 4.40. The monoisotopic (exact) mass is 325 g/mol. The van der Waals surface area contributed by atoms with E-state index in [1.807, 2.05) is 30.3 Å². The fourth-order valence-electron chi connectivity index (χ4n) is 3.23. The van der Waals surface area contributed by atoms with Gasteiger partial charge in [-0.05, 0) is 43.5 Å². The SMILES string of the molecule is O=C(CN1CCC[C@H](O)[C@@H]1Cc1ccccc1)Nc1ccccn1. The lowest BCUT2D eigenvalue weighted by molar-refractivity contribution is -0.119. The van der Waals surface area contributed by atoms with E-state index in [0.29, 0.717) is 5.82 Å². The molecule has 1 aliphatic rings. The molecular weight excluding hydrogens is 302 g/mol. The summed E-state index contributed by atoms with van der Waals surface area (Å²) in [4.78, 5) is 18.5. The number of piperidine rings is 1. The Hall–Kier alpha value is -2.24. The number of benzene rings is 1. The van der Waals surface area contributed by atoms with Crippen LogP contribution < -0.4 is 5.32 Å². The topological polar surface area (TPSA) is 65.5 Å². The molecule has 1 saturated heterocycles. The highest BCUT2D eigenvalue weighted by atomic mass is 16.3. The van der Waals surface area contributed by atoms with Gasteiger partial charge in [0.25, 0.3) is 0 Å². The van der Waals surface area contributed by atoms with Crippen molar-refractivity contribution in [2.45, 2.75) is 31.4 Å². The number of amides is 1. The zero-order valence-corrected chi connectivity index (χ0v) is 13.6. The van der Waals surface area contributed by atoms with Crippen LogP contribution in [0.25, 0.3) is 0 Å². The van der Waals surface area contributed by atoms with Crippen LogP contribution in [0.1, 0.15) is 18.4 Å². The molecule has 1 aromatic carbocycles. The number of aromatic nitrogens is 1. The Bertz CT molecular complexity index is 648. The van der Waals surface area contributed by atoms with Gasteiger partial charge >= 0.3 is 0 Å². The molecule has 1 aromatic heterocycles. The van der Waals surface area contributed by atoms with Crippen LogP contribution in [0.2, 0.25) is 0 Å². The number of anilines is 1. The van der Waals surface area contributed by atoms with Crippen LogP contribution >= 0.6 is 0 Å². The molecule has 0 saturated carbocycles. The van der Waals surface area contributed by atoms with Crippen LogP contribution in [0.15, 0.2) is 54.7 Å². The van der Waals surface area contributed by atoms with Crippen molar-refractivity contribution in [2.75, 3.05) is 18.4 Å². The quantitative estimate of drug-likeness (QED) is 0.883. The molecule has 5 heteroatoms. The maximum atomic E-state index is 12.3. The predicted molar refractivity (Wildman–Crippen MR) is 93.6 cm³/mol. The number of hydrogen-bond acceptors (Lipinski definition) is 4. The normalized spacial score (nSPS) is 21.4. The van der Waals surface area contributed by atoms with Crippen molar-refractivity contribution >= 4 is 11.7 Å². The molecule has 2 N–H and O–H groups in total. The lowest BCUT2D eigenvalue weighted by atomic mass is 9.93. The Kier molecular flexibility index (Phi) is 5.56. The van der Waals surface area contributed by atoms with Crippen molar-refractivity contribution in [3.63, 3.8) is 0 Å². The summed E-state index contributed by atoms with van der Waals surface area (Å²) in [5.41, 5.74) is 1.18. The molecule has 0 radical (unpaired) electrons. The highest BCUT2D eigenvalue weighted by Crippen LogP contribution is 2.21. The molecule has 1 aliphatic heterocycles. The summed E-state index contributed by atoms with van der Waals surface area (Å²) in [5.74, 6) is 0.459. The molecule has 5 nitrogen and oxygen atoms in total. The molecule has 0 bridgehead atoms. The van der Waals surface area contributed by atoms with Crippen LogP contribution in [-0.2, 0) is 11.2 Å². The van der Waals surface area contributed by atoms with E-state index < -0.39 is 6.10 Å². The Labute approximate surface area is 142 Å². The van der Waals surface area contributed by atoms with Crippen molar-refractivity contribution < 1.29 is 9.90 Å². The van der Waals surface area contributed by atoms with Gasteiger partial charge in [0.15, 0.2) is 0 Å². The predicted octanol–water partition coefficient (Wildman–Crippen LogP) is 2.09. The molecule has 3 rings (SSSR count). The van der Waals surface area contributed by atoms with Crippen molar-refractivity contribution in [1.29, 1.82) is 0 Å². The van der Waals surface area contributed by atoms with E-state index in [1.165, 1.54) is 5.56 Å². The molecule has 24 heavy (non-hydrogen) atoms. The Morgan fingerprint density at radius 1 is 1.21 bits per heavy atom. The summed E-state index contributed by atoms with van der Waals surface area (Å²) in [6.07, 6.45) is 3.69. The summed E-state index contributed by atoms with van der Waals surface area (Å²) in [7, 11) is 0. The van der Waals surface area contributed by atoms with Gasteiger partial charge in [-0.3, -0.25) is 9.69 Å². The average Bonchev–Trinajstić information content (AvgIpc) is 2.60. The van der Waals surface area contributed by atoms with Gasteiger partial charge in [0.05, 0.1) is 12.6 Å². The number of nitrogens with zero attached hydrogens (tertiary/aromatic N) is 2. The molecule has 2 heterocycles. The molecular formula is C19H23N3O2. The third-order valence-electron chi connectivity index (χ3n) is 4.43. The van der Waals surface area contributed by atoms with E-state index in [2.05, 4.69) is 27.3 Å². The van der Waals surface area contributed by atoms with Crippen molar-refractivity contribution in [3.05, 3.63) is 60.3 Å². The van der Waals surface area contributed by atoms with Crippen molar-refractivity contribution in [2.24, 2.45) is 0 Å². The number of likely N-dealkylation sites (tertiary alicyclic amines) is 1. The first-order valence-corrected chi connectivity index (χ1v) is 8.39. The van der Waals surface area contributed by atoms with Gasteiger partial charge in [0.2, 0.25) is 5.91 Å². The van der Waals surface area contributed by atoms with Crippen LogP contribution in [0, 0.1) is 0 Å². The standard InChI is InChI=1S/C19H23N3O2/c23-17-9-6-12-22(16(17)13-15-7-2-1-3-8-15)14-19(24)21-18-10-4-5-11-20-18/h1-5,7-8,10-11,16-17,23H,6,9,12-14H2,(H,20,21,24)/t16-,17-/m0/s1. The third-order valence-corrected chi connectivity index (χ3v) is 4.43. The second-order valence-electron chi connectivity index (χ2n) is 6.20. The summed E-state index contributed by atoms with van der Waals surface area (Å²) >= 11 is 0. The smallest absolute Gasteiger partial charge is 0.239 e. The summed E-state index contributed by atoms with van der Waals surface area (Å²) < 4.78 is 0.